The number of rotatable bonds is 5. The molecule has 0 spiro atoms. The Hall–Kier alpha value is -6.90. The van der Waals surface area contributed by atoms with Crippen molar-refractivity contribution < 1.29 is 4.42 Å². The van der Waals surface area contributed by atoms with E-state index in [1.165, 1.54) is 55.2 Å². The minimum Gasteiger partial charge on any atom is -0.455 e. The van der Waals surface area contributed by atoms with E-state index in [4.69, 9.17) is 4.42 Å². The van der Waals surface area contributed by atoms with Gasteiger partial charge in [-0.3, -0.25) is 0 Å². The lowest BCUT2D eigenvalue weighted by Gasteiger charge is -2.32. The average molecular weight is 704 g/mol. The Morgan fingerprint density at radius 1 is 0.436 bits per heavy atom. The second-order valence-corrected chi connectivity index (χ2v) is 15.3. The lowest BCUT2D eigenvalue weighted by Crippen LogP contribution is -2.20. The third-order valence-electron chi connectivity index (χ3n) is 11.8. The summed E-state index contributed by atoms with van der Waals surface area (Å²) in [5.41, 5.74) is 15.1. The third-order valence-corrected chi connectivity index (χ3v) is 11.8. The molecule has 0 saturated heterocycles. The molecule has 0 aliphatic heterocycles. The largest absolute Gasteiger partial charge is 0.455 e. The van der Waals surface area contributed by atoms with E-state index in [0.717, 1.165) is 49.8 Å². The van der Waals surface area contributed by atoms with Crippen LogP contribution in [0.3, 0.4) is 0 Å². The van der Waals surface area contributed by atoms with Crippen LogP contribution in [0.15, 0.2) is 192 Å². The Labute approximate surface area is 320 Å². The topological polar surface area (TPSA) is 16.4 Å². The van der Waals surface area contributed by atoms with Crippen LogP contribution < -0.4 is 4.90 Å². The summed E-state index contributed by atoms with van der Waals surface area (Å²) in [7, 11) is 0. The van der Waals surface area contributed by atoms with Gasteiger partial charge in [-0.25, -0.2) is 0 Å². The van der Waals surface area contributed by atoms with Crippen molar-refractivity contribution in [1.82, 2.24) is 0 Å². The van der Waals surface area contributed by atoms with E-state index in [1.807, 2.05) is 0 Å². The molecule has 55 heavy (non-hydrogen) atoms. The van der Waals surface area contributed by atoms with Crippen molar-refractivity contribution in [3.8, 4) is 33.4 Å². The summed E-state index contributed by atoms with van der Waals surface area (Å²) in [5.74, 6) is 0. The second kappa shape index (κ2) is 12.1. The van der Waals surface area contributed by atoms with E-state index >= 15 is 0 Å². The summed E-state index contributed by atoms with van der Waals surface area (Å²) in [6, 6.07) is 68.4. The zero-order valence-electron chi connectivity index (χ0n) is 30.8. The molecule has 0 saturated carbocycles. The third kappa shape index (κ3) is 4.81. The molecule has 0 unspecified atom stereocenters. The molecule has 0 amide bonds. The smallest absolute Gasteiger partial charge is 0.143 e. The van der Waals surface area contributed by atoms with Gasteiger partial charge in [0.2, 0.25) is 0 Å². The van der Waals surface area contributed by atoms with Crippen molar-refractivity contribution in [1.29, 1.82) is 0 Å². The molecule has 9 aromatic carbocycles. The molecule has 1 heterocycles. The van der Waals surface area contributed by atoms with Crippen LogP contribution >= 0.6 is 0 Å². The highest BCUT2D eigenvalue weighted by Crippen LogP contribution is 2.54. The normalized spacial score (nSPS) is 13.1. The van der Waals surface area contributed by atoms with E-state index in [9.17, 15) is 0 Å². The van der Waals surface area contributed by atoms with Crippen LogP contribution in [0, 0.1) is 0 Å². The van der Waals surface area contributed by atoms with Crippen LogP contribution in [0.4, 0.5) is 17.1 Å². The van der Waals surface area contributed by atoms with E-state index < -0.39 is 0 Å². The fraction of sp³-hybridized carbons (Fsp3) is 0.0566. The highest BCUT2D eigenvalue weighted by atomic mass is 16.3. The van der Waals surface area contributed by atoms with Gasteiger partial charge in [0, 0.05) is 32.9 Å². The Balaban J connectivity index is 1.11. The highest BCUT2D eigenvalue weighted by Gasteiger charge is 2.38. The van der Waals surface area contributed by atoms with E-state index in [2.05, 4.69) is 207 Å². The van der Waals surface area contributed by atoms with Gasteiger partial charge in [0.05, 0.1) is 5.69 Å². The molecule has 2 nitrogen and oxygen atoms in total. The maximum absolute atomic E-state index is 6.61. The SMILES string of the molecule is CC1(C)c2ccccc2-c2cccc(N(c3ccc(-c4cccc5ccccc45)cc3)c3cccc(-c4cccc5oc6c7ccccc7ccc6c45)c3)c21. The van der Waals surface area contributed by atoms with Gasteiger partial charge in [-0.15, -0.1) is 0 Å². The first-order valence-corrected chi connectivity index (χ1v) is 19.1. The molecular formula is C53H37NO. The van der Waals surface area contributed by atoms with Gasteiger partial charge < -0.3 is 9.32 Å². The lowest BCUT2D eigenvalue weighted by molar-refractivity contribution is 0.661. The summed E-state index contributed by atoms with van der Waals surface area (Å²) in [6.07, 6.45) is 0. The predicted molar refractivity (Wildman–Crippen MR) is 232 cm³/mol. The molecule has 2 heteroatoms. The zero-order chi connectivity index (χ0) is 36.7. The Bertz CT molecular complexity index is 3120. The summed E-state index contributed by atoms with van der Waals surface area (Å²) in [6.45, 7) is 4.74. The molecule has 11 rings (SSSR count). The molecule has 1 aliphatic rings. The van der Waals surface area contributed by atoms with Crippen molar-refractivity contribution >= 4 is 60.5 Å². The minimum absolute atomic E-state index is 0.189. The minimum atomic E-state index is -0.189. The molecule has 0 atom stereocenters. The average Bonchev–Trinajstić information content (AvgIpc) is 3.74. The van der Waals surface area contributed by atoms with E-state index in [0.29, 0.717) is 0 Å². The van der Waals surface area contributed by atoms with Gasteiger partial charge in [0.25, 0.3) is 0 Å². The maximum atomic E-state index is 6.61. The van der Waals surface area contributed by atoms with Crippen molar-refractivity contribution in [3.63, 3.8) is 0 Å². The van der Waals surface area contributed by atoms with Crippen LogP contribution in [0.1, 0.15) is 25.0 Å². The van der Waals surface area contributed by atoms with Crippen LogP contribution in [0.25, 0.3) is 76.9 Å². The van der Waals surface area contributed by atoms with Gasteiger partial charge >= 0.3 is 0 Å². The van der Waals surface area contributed by atoms with Crippen molar-refractivity contribution in [2.75, 3.05) is 4.90 Å². The quantitative estimate of drug-likeness (QED) is 0.177. The number of furan rings is 1. The number of nitrogens with zero attached hydrogens (tertiary/aromatic N) is 1. The number of benzene rings is 9. The fourth-order valence-corrected chi connectivity index (χ4v) is 9.31. The van der Waals surface area contributed by atoms with Crippen molar-refractivity contribution in [3.05, 3.63) is 199 Å². The van der Waals surface area contributed by atoms with E-state index in [-0.39, 0.29) is 5.41 Å². The molecule has 0 fully saturated rings. The van der Waals surface area contributed by atoms with Gasteiger partial charge in [-0.1, -0.05) is 159 Å². The molecule has 0 bridgehead atoms. The molecular weight excluding hydrogens is 667 g/mol. The van der Waals surface area contributed by atoms with Crippen LogP contribution in [0.2, 0.25) is 0 Å². The zero-order valence-corrected chi connectivity index (χ0v) is 30.8. The first kappa shape index (κ1) is 31.6. The first-order valence-electron chi connectivity index (χ1n) is 19.1. The predicted octanol–water partition coefficient (Wildman–Crippen LogP) is 15.0. The second-order valence-electron chi connectivity index (χ2n) is 15.3. The summed E-state index contributed by atoms with van der Waals surface area (Å²) >= 11 is 0. The highest BCUT2D eigenvalue weighted by molar-refractivity contribution is 6.19. The number of fused-ring (bicyclic) bond motifs is 9. The summed E-state index contributed by atoms with van der Waals surface area (Å²) in [4.78, 5) is 2.46. The van der Waals surface area contributed by atoms with Crippen LogP contribution in [0.5, 0.6) is 0 Å². The monoisotopic (exact) mass is 703 g/mol. The van der Waals surface area contributed by atoms with Gasteiger partial charge in [0.15, 0.2) is 0 Å². The maximum Gasteiger partial charge on any atom is 0.143 e. The standard InChI is InChI=1S/C53H37NO/c1-53(2)47-24-8-7-20-44(47)45-23-11-25-48(51(45)53)54(38-30-27-36(28-31-38)41-21-10-15-34-13-3-5-18-40(34)41)39-17-9-16-37(33-39)42-22-12-26-49-50(42)46-32-29-35-14-4-6-19-43(35)52(46)55-49/h3-33H,1-2H3. The van der Waals surface area contributed by atoms with E-state index in [1.54, 1.807) is 0 Å². The summed E-state index contributed by atoms with van der Waals surface area (Å²) < 4.78 is 6.61. The van der Waals surface area contributed by atoms with Gasteiger partial charge in [-0.2, -0.15) is 0 Å². The van der Waals surface area contributed by atoms with Crippen LogP contribution in [-0.2, 0) is 5.41 Å². The molecule has 0 N–H and O–H groups in total. The Morgan fingerprint density at radius 2 is 1.09 bits per heavy atom. The lowest BCUT2D eigenvalue weighted by atomic mass is 9.81. The first-order chi connectivity index (χ1) is 27.0. The van der Waals surface area contributed by atoms with Gasteiger partial charge in [-0.05, 0) is 103 Å². The Morgan fingerprint density at radius 3 is 1.96 bits per heavy atom. The van der Waals surface area contributed by atoms with Crippen molar-refractivity contribution in [2.45, 2.75) is 19.3 Å². The Kier molecular flexibility index (Phi) is 6.93. The number of anilines is 3. The fourth-order valence-electron chi connectivity index (χ4n) is 9.31. The van der Waals surface area contributed by atoms with Crippen LogP contribution in [-0.4, -0.2) is 0 Å². The number of hydrogen-bond donors (Lipinski definition) is 0. The molecule has 1 aliphatic carbocycles. The number of hydrogen-bond acceptors (Lipinski definition) is 2. The van der Waals surface area contributed by atoms with Gasteiger partial charge in [0.1, 0.15) is 11.2 Å². The molecule has 10 aromatic rings. The summed E-state index contributed by atoms with van der Waals surface area (Å²) in [5, 5.41) is 7.10. The molecule has 1 aromatic heterocycles. The molecule has 260 valence electrons. The molecule has 0 radical (unpaired) electrons. The van der Waals surface area contributed by atoms with Crippen molar-refractivity contribution in [2.24, 2.45) is 0 Å².